The summed E-state index contributed by atoms with van der Waals surface area (Å²) in [5, 5.41) is 19.3. The molecule has 158 valence electrons. The number of aromatic hydroxyl groups is 1. The number of carbonyl (C=O) groups is 1. The summed E-state index contributed by atoms with van der Waals surface area (Å²) in [6.07, 6.45) is 1.59. The lowest BCUT2D eigenvalue weighted by atomic mass is 10.3. The average molecular weight is 514 g/mol. The van der Waals surface area contributed by atoms with Gasteiger partial charge in [0.1, 0.15) is 18.6 Å². The van der Waals surface area contributed by atoms with Crippen molar-refractivity contribution in [2.24, 2.45) is 4.99 Å². The zero-order valence-corrected chi connectivity index (χ0v) is 18.7. The Morgan fingerprint density at radius 3 is 2.55 bits per heavy atom. The predicted octanol–water partition coefficient (Wildman–Crippen LogP) is 1.72. The van der Waals surface area contributed by atoms with Crippen molar-refractivity contribution in [3.63, 3.8) is 0 Å². The number of hydrogen-bond acceptors (Lipinski definition) is 6. The maximum atomic E-state index is 12.2. The molecular formula is C19H27IN6O3. The summed E-state index contributed by atoms with van der Waals surface area (Å²) >= 11 is 0. The third-order valence-electron chi connectivity index (χ3n) is 4.41. The average Bonchev–Trinajstić information content (AvgIpc) is 3.21. The molecule has 1 saturated heterocycles. The summed E-state index contributed by atoms with van der Waals surface area (Å²) < 4.78 is 4.88. The molecule has 0 spiro atoms. The summed E-state index contributed by atoms with van der Waals surface area (Å²) in [6, 6.07) is 8.24. The van der Waals surface area contributed by atoms with Gasteiger partial charge in [0.15, 0.2) is 5.96 Å². The molecule has 0 unspecified atom stereocenters. The molecule has 1 aromatic carbocycles. The number of aromatic nitrogens is 1. The second-order valence-corrected chi connectivity index (χ2v) is 6.52. The van der Waals surface area contributed by atoms with E-state index in [0.717, 1.165) is 50.9 Å². The molecule has 29 heavy (non-hydrogen) atoms. The van der Waals surface area contributed by atoms with Crippen LogP contribution in [0.5, 0.6) is 5.75 Å². The molecule has 3 N–H and O–H groups in total. The summed E-state index contributed by atoms with van der Waals surface area (Å²) in [5.74, 6) is 0.698. The van der Waals surface area contributed by atoms with Crippen molar-refractivity contribution in [3.05, 3.63) is 42.3 Å². The number of phenols is 1. The zero-order valence-electron chi connectivity index (χ0n) is 16.4. The Balaban J connectivity index is 0.00000300. The van der Waals surface area contributed by atoms with E-state index in [1.807, 2.05) is 13.0 Å². The molecule has 0 saturated carbocycles. The number of aliphatic imine (C=N–C) groups is 1. The summed E-state index contributed by atoms with van der Waals surface area (Å²) in [5.41, 5.74) is 1.56. The Morgan fingerprint density at radius 1 is 1.21 bits per heavy atom. The van der Waals surface area contributed by atoms with Gasteiger partial charge in [-0.1, -0.05) is 5.16 Å². The van der Waals surface area contributed by atoms with Crippen LogP contribution < -0.4 is 10.6 Å². The first-order chi connectivity index (χ1) is 13.6. The van der Waals surface area contributed by atoms with E-state index in [1.54, 1.807) is 18.4 Å². The summed E-state index contributed by atoms with van der Waals surface area (Å²) in [7, 11) is 0. The van der Waals surface area contributed by atoms with Crippen molar-refractivity contribution in [2.75, 3.05) is 44.6 Å². The highest BCUT2D eigenvalue weighted by atomic mass is 127. The number of guanidine groups is 1. The minimum absolute atomic E-state index is 0. The van der Waals surface area contributed by atoms with Gasteiger partial charge in [-0.15, -0.1) is 24.0 Å². The molecule has 1 amide bonds. The van der Waals surface area contributed by atoms with Crippen LogP contribution in [0, 0.1) is 0 Å². The van der Waals surface area contributed by atoms with Crippen molar-refractivity contribution in [2.45, 2.75) is 13.5 Å². The fourth-order valence-corrected chi connectivity index (χ4v) is 2.98. The Morgan fingerprint density at radius 2 is 1.93 bits per heavy atom. The van der Waals surface area contributed by atoms with Crippen LogP contribution >= 0.6 is 24.0 Å². The normalized spacial score (nSPS) is 14.9. The number of phenolic OH excluding ortho intramolecular Hbond substituents is 1. The molecule has 2 heterocycles. The minimum Gasteiger partial charge on any atom is -0.508 e. The van der Waals surface area contributed by atoms with Crippen LogP contribution in [0.1, 0.15) is 12.6 Å². The monoisotopic (exact) mass is 514 g/mol. The number of rotatable bonds is 6. The maximum Gasteiger partial charge on any atom is 0.246 e. The maximum absolute atomic E-state index is 12.2. The van der Waals surface area contributed by atoms with Crippen molar-refractivity contribution < 1.29 is 14.4 Å². The molecule has 0 aliphatic carbocycles. The number of benzene rings is 1. The number of carbonyl (C=O) groups excluding carboxylic acids is 1. The van der Waals surface area contributed by atoms with Gasteiger partial charge in [0, 0.05) is 51.0 Å². The van der Waals surface area contributed by atoms with E-state index in [1.165, 1.54) is 12.1 Å². The molecule has 3 rings (SSSR count). The van der Waals surface area contributed by atoms with Crippen molar-refractivity contribution in [1.82, 2.24) is 20.3 Å². The largest absolute Gasteiger partial charge is 0.508 e. The van der Waals surface area contributed by atoms with Gasteiger partial charge in [-0.3, -0.25) is 9.69 Å². The number of piperazine rings is 1. The summed E-state index contributed by atoms with van der Waals surface area (Å²) in [6.45, 7) is 6.96. The number of anilines is 1. The fraction of sp³-hybridized carbons (Fsp3) is 0.421. The molecule has 1 aliphatic heterocycles. The van der Waals surface area contributed by atoms with Crippen molar-refractivity contribution in [1.29, 1.82) is 0 Å². The van der Waals surface area contributed by atoms with Gasteiger partial charge < -0.3 is 25.2 Å². The highest BCUT2D eigenvalue weighted by Crippen LogP contribution is 2.13. The second kappa shape index (κ2) is 11.6. The first kappa shape index (κ1) is 22.9. The lowest BCUT2D eigenvalue weighted by Gasteiger charge is -2.36. The van der Waals surface area contributed by atoms with E-state index in [0.29, 0.717) is 5.69 Å². The second-order valence-electron chi connectivity index (χ2n) is 6.52. The van der Waals surface area contributed by atoms with Crippen LogP contribution in [0.25, 0.3) is 0 Å². The molecule has 0 radical (unpaired) electrons. The van der Waals surface area contributed by atoms with Gasteiger partial charge in [-0.25, -0.2) is 4.99 Å². The fourth-order valence-electron chi connectivity index (χ4n) is 2.98. The van der Waals surface area contributed by atoms with Crippen molar-refractivity contribution >= 4 is 41.5 Å². The lowest BCUT2D eigenvalue weighted by Crippen LogP contribution is -2.52. The van der Waals surface area contributed by atoms with Crippen LogP contribution in [0.15, 0.2) is 46.1 Å². The van der Waals surface area contributed by atoms with E-state index < -0.39 is 0 Å². The third kappa shape index (κ3) is 7.20. The lowest BCUT2D eigenvalue weighted by molar-refractivity contribution is -0.114. The number of nitrogens with one attached hydrogen (secondary N) is 2. The zero-order chi connectivity index (χ0) is 19.8. The van der Waals surface area contributed by atoms with Crippen LogP contribution in [0.3, 0.4) is 0 Å². The number of amides is 1. The Labute approximate surface area is 187 Å². The van der Waals surface area contributed by atoms with E-state index in [-0.39, 0.29) is 42.2 Å². The Bertz CT molecular complexity index is 774. The molecule has 0 bridgehead atoms. The van der Waals surface area contributed by atoms with Gasteiger partial charge in [-0.05, 0) is 31.2 Å². The molecule has 1 aromatic heterocycles. The van der Waals surface area contributed by atoms with Crippen LogP contribution in [0.4, 0.5) is 5.69 Å². The van der Waals surface area contributed by atoms with Gasteiger partial charge in [-0.2, -0.15) is 0 Å². The van der Waals surface area contributed by atoms with E-state index in [2.05, 4.69) is 30.6 Å². The molecule has 2 aromatic rings. The quantitative estimate of drug-likeness (QED) is 0.233. The highest BCUT2D eigenvalue weighted by molar-refractivity contribution is 14.0. The topological polar surface area (TPSA) is 106 Å². The third-order valence-corrected chi connectivity index (χ3v) is 4.41. The minimum atomic E-state index is -0.203. The molecule has 1 fully saturated rings. The Kier molecular flexibility index (Phi) is 9.19. The van der Waals surface area contributed by atoms with Gasteiger partial charge in [0.25, 0.3) is 0 Å². The first-order valence-electron chi connectivity index (χ1n) is 9.38. The first-order valence-corrected chi connectivity index (χ1v) is 9.38. The smallest absolute Gasteiger partial charge is 0.246 e. The van der Waals surface area contributed by atoms with E-state index >= 15 is 0 Å². The standard InChI is InChI=1S/C19H26N6O3.HI/c1-2-20-19(21-13-18(27)22-15-3-5-17(26)6-4-15)25-10-8-24(9-11-25)14-16-7-12-28-23-16;/h3-7,12,26H,2,8-11,13-14H2,1H3,(H,20,21)(H,22,27);1H. The van der Waals surface area contributed by atoms with Crippen LogP contribution in [0.2, 0.25) is 0 Å². The molecule has 1 aliphatic rings. The number of nitrogens with zero attached hydrogens (tertiary/aromatic N) is 4. The van der Waals surface area contributed by atoms with Gasteiger partial charge >= 0.3 is 0 Å². The predicted molar refractivity (Wildman–Crippen MR) is 121 cm³/mol. The molecule has 9 nitrogen and oxygen atoms in total. The molecule has 0 atom stereocenters. The Hall–Kier alpha value is -2.34. The molecular weight excluding hydrogens is 487 g/mol. The SMILES string of the molecule is CCNC(=NCC(=O)Nc1ccc(O)cc1)N1CCN(Cc2ccon2)CC1.I. The van der Waals surface area contributed by atoms with Gasteiger partial charge in [0.2, 0.25) is 5.91 Å². The number of hydrogen-bond donors (Lipinski definition) is 3. The van der Waals surface area contributed by atoms with Crippen LogP contribution in [-0.2, 0) is 11.3 Å². The van der Waals surface area contributed by atoms with Crippen molar-refractivity contribution in [3.8, 4) is 5.75 Å². The molecule has 10 heteroatoms. The van der Waals surface area contributed by atoms with E-state index in [9.17, 15) is 9.90 Å². The highest BCUT2D eigenvalue weighted by Gasteiger charge is 2.20. The van der Waals surface area contributed by atoms with Gasteiger partial charge in [0.05, 0.1) is 5.69 Å². The number of halogens is 1. The summed E-state index contributed by atoms with van der Waals surface area (Å²) in [4.78, 5) is 21.1. The van der Waals surface area contributed by atoms with Crippen LogP contribution in [-0.4, -0.2) is 71.2 Å². The van der Waals surface area contributed by atoms with E-state index in [4.69, 9.17) is 4.52 Å².